The standard InChI is InChI=1S/C14H20N2O2/c1-14(2,3)12(15-18)10-13(17)16(4)11-8-6-5-7-9-11/h5-9,18H,10H2,1-4H3. The van der Waals surface area contributed by atoms with Gasteiger partial charge in [-0.25, -0.2) is 0 Å². The maximum absolute atomic E-state index is 12.1. The van der Waals surface area contributed by atoms with Crippen LogP contribution in [-0.2, 0) is 4.79 Å². The number of carbonyl (C=O) groups is 1. The predicted octanol–water partition coefficient (Wildman–Crippen LogP) is 2.92. The Morgan fingerprint density at radius 1 is 1.28 bits per heavy atom. The van der Waals surface area contributed by atoms with E-state index in [-0.39, 0.29) is 17.7 Å². The summed E-state index contributed by atoms with van der Waals surface area (Å²) >= 11 is 0. The first kappa shape index (κ1) is 14.2. The third-order valence-corrected chi connectivity index (χ3v) is 2.82. The van der Waals surface area contributed by atoms with Crippen molar-refractivity contribution in [3.8, 4) is 0 Å². The van der Waals surface area contributed by atoms with Crippen LogP contribution in [0.2, 0.25) is 0 Å². The first-order valence-corrected chi connectivity index (χ1v) is 5.89. The van der Waals surface area contributed by atoms with E-state index in [4.69, 9.17) is 5.21 Å². The third-order valence-electron chi connectivity index (χ3n) is 2.82. The summed E-state index contributed by atoms with van der Waals surface area (Å²) in [7, 11) is 1.72. The van der Waals surface area contributed by atoms with Gasteiger partial charge in [-0.05, 0) is 12.1 Å². The highest BCUT2D eigenvalue weighted by molar-refractivity contribution is 6.08. The minimum absolute atomic E-state index is 0.0936. The van der Waals surface area contributed by atoms with Gasteiger partial charge in [-0.2, -0.15) is 0 Å². The molecule has 1 rings (SSSR count). The van der Waals surface area contributed by atoms with Gasteiger partial charge >= 0.3 is 0 Å². The van der Waals surface area contributed by atoms with Crippen LogP contribution in [0.1, 0.15) is 27.2 Å². The zero-order valence-corrected chi connectivity index (χ0v) is 11.3. The van der Waals surface area contributed by atoms with E-state index in [1.807, 2.05) is 51.1 Å². The number of carbonyl (C=O) groups excluding carboxylic acids is 1. The quantitative estimate of drug-likeness (QED) is 0.508. The highest BCUT2D eigenvalue weighted by Gasteiger charge is 2.24. The smallest absolute Gasteiger partial charge is 0.232 e. The lowest BCUT2D eigenvalue weighted by atomic mass is 9.88. The SMILES string of the molecule is CN(C(=O)CC(=NO)C(C)(C)C)c1ccccc1. The molecule has 0 saturated carbocycles. The van der Waals surface area contributed by atoms with Crippen molar-refractivity contribution in [2.24, 2.45) is 10.6 Å². The van der Waals surface area contributed by atoms with Gasteiger partial charge in [-0.1, -0.05) is 44.1 Å². The molecule has 18 heavy (non-hydrogen) atoms. The fourth-order valence-corrected chi connectivity index (χ4v) is 1.51. The largest absolute Gasteiger partial charge is 0.411 e. The van der Waals surface area contributed by atoms with E-state index in [0.717, 1.165) is 5.69 Å². The van der Waals surface area contributed by atoms with Crippen LogP contribution >= 0.6 is 0 Å². The number of nitrogens with zero attached hydrogens (tertiary/aromatic N) is 2. The Balaban J connectivity index is 2.78. The Morgan fingerprint density at radius 2 is 1.83 bits per heavy atom. The zero-order valence-electron chi connectivity index (χ0n) is 11.3. The normalized spacial score (nSPS) is 12.3. The van der Waals surface area contributed by atoms with Crippen molar-refractivity contribution < 1.29 is 10.0 Å². The van der Waals surface area contributed by atoms with E-state index in [1.165, 1.54) is 0 Å². The van der Waals surface area contributed by atoms with Crippen molar-refractivity contribution >= 4 is 17.3 Å². The van der Waals surface area contributed by atoms with Crippen molar-refractivity contribution in [3.63, 3.8) is 0 Å². The molecule has 1 aromatic rings. The molecule has 0 unspecified atom stereocenters. The van der Waals surface area contributed by atoms with E-state index >= 15 is 0 Å². The van der Waals surface area contributed by atoms with E-state index in [0.29, 0.717) is 5.71 Å². The molecule has 0 aliphatic heterocycles. The molecule has 0 saturated heterocycles. The number of oxime groups is 1. The molecule has 4 nitrogen and oxygen atoms in total. The molecule has 0 aliphatic carbocycles. The van der Waals surface area contributed by atoms with Crippen LogP contribution in [0.4, 0.5) is 5.69 Å². The molecule has 98 valence electrons. The van der Waals surface area contributed by atoms with Crippen LogP contribution in [-0.4, -0.2) is 23.9 Å². The van der Waals surface area contributed by atoms with Crippen LogP contribution in [0.15, 0.2) is 35.5 Å². The molecule has 0 spiro atoms. The number of rotatable bonds is 3. The van der Waals surface area contributed by atoms with Crippen molar-refractivity contribution in [2.45, 2.75) is 27.2 Å². The Morgan fingerprint density at radius 3 is 2.28 bits per heavy atom. The average Bonchev–Trinajstić information content (AvgIpc) is 2.34. The third kappa shape index (κ3) is 3.58. The molecule has 4 heteroatoms. The van der Waals surface area contributed by atoms with E-state index in [9.17, 15) is 4.79 Å². The Hall–Kier alpha value is -1.84. The number of benzene rings is 1. The second-order valence-corrected chi connectivity index (χ2v) is 5.26. The Bertz CT molecular complexity index is 433. The number of hydrogen-bond acceptors (Lipinski definition) is 3. The van der Waals surface area contributed by atoms with Crippen LogP contribution in [0, 0.1) is 5.41 Å². The van der Waals surface area contributed by atoms with Gasteiger partial charge < -0.3 is 10.1 Å². The van der Waals surface area contributed by atoms with Gasteiger partial charge in [-0.15, -0.1) is 0 Å². The monoisotopic (exact) mass is 248 g/mol. The average molecular weight is 248 g/mol. The number of amides is 1. The lowest BCUT2D eigenvalue weighted by Crippen LogP contribution is -2.32. The Kier molecular flexibility index (Phi) is 4.48. The molecule has 1 amide bonds. The van der Waals surface area contributed by atoms with Crippen LogP contribution in [0.5, 0.6) is 0 Å². The summed E-state index contributed by atoms with van der Waals surface area (Å²) in [5, 5.41) is 12.2. The fourth-order valence-electron chi connectivity index (χ4n) is 1.51. The molecule has 0 heterocycles. The highest BCUT2D eigenvalue weighted by atomic mass is 16.4. The molecular weight excluding hydrogens is 228 g/mol. The molecule has 1 aromatic carbocycles. The second kappa shape index (κ2) is 5.67. The minimum Gasteiger partial charge on any atom is -0.411 e. The van der Waals surface area contributed by atoms with Crippen LogP contribution < -0.4 is 4.90 Å². The summed E-state index contributed by atoms with van der Waals surface area (Å²) in [6, 6.07) is 9.39. The first-order chi connectivity index (χ1) is 8.36. The highest BCUT2D eigenvalue weighted by Crippen LogP contribution is 2.20. The summed E-state index contributed by atoms with van der Waals surface area (Å²) in [5.41, 5.74) is 0.992. The van der Waals surface area contributed by atoms with Gasteiger partial charge in [-0.3, -0.25) is 4.79 Å². The number of anilines is 1. The Labute approximate surface area is 108 Å². The molecule has 1 N–H and O–H groups in total. The van der Waals surface area contributed by atoms with Crippen LogP contribution in [0.25, 0.3) is 0 Å². The molecule has 0 aromatic heterocycles. The topological polar surface area (TPSA) is 52.9 Å². The van der Waals surface area contributed by atoms with Crippen LogP contribution in [0.3, 0.4) is 0 Å². The molecular formula is C14H20N2O2. The number of para-hydroxylation sites is 1. The first-order valence-electron chi connectivity index (χ1n) is 5.89. The van der Waals surface area contributed by atoms with Crippen molar-refractivity contribution in [2.75, 3.05) is 11.9 Å². The molecule has 0 bridgehead atoms. The van der Waals surface area contributed by atoms with E-state index in [1.54, 1.807) is 11.9 Å². The van der Waals surface area contributed by atoms with Crippen molar-refractivity contribution in [1.29, 1.82) is 0 Å². The van der Waals surface area contributed by atoms with Gasteiger partial charge in [0, 0.05) is 18.2 Å². The van der Waals surface area contributed by atoms with Gasteiger partial charge in [0.05, 0.1) is 12.1 Å². The fraction of sp³-hybridized carbons (Fsp3) is 0.429. The minimum atomic E-state index is -0.318. The van der Waals surface area contributed by atoms with E-state index < -0.39 is 0 Å². The maximum atomic E-state index is 12.1. The van der Waals surface area contributed by atoms with Gasteiger partial charge in [0.15, 0.2) is 0 Å². The summed E-state index contributed by atoms with van der Waals surface area (Å²) < 4.78 is 0. The van der Waals surface area contributed by atoms with Gasteiger partial charge in [0.25, 0.3) is 0 Å². The zero-order chi connectivity index (χ0) is 13.8. The molecule has 0 atom stereocenters. The summed E-state index contributed by atoms with van der Waals surface area (Å²) in [5.74, 6) is -0.0936. The molecule has 0 radical (unpaired) electrons. The molecule has 0 aliphatic rings. The summed E-state index contributed by atoms with van der Waals surface area (Å²) in [4.78, 5) is 13.7. The van der Waals surface area contributed by atoms with Crippen molar-refractivity contribution in [1.82, 2.24) is 0 Å². The lowest BCUT2D eigenvalue weighted by Gasteiger charge is -2.22. The predicted molar refractivity (Wildman–Crippen MR) is 73.1 cm³/mol. The van der Waals surface area contributed by atoms with Gasteiger partial charge in [0.2, 0.25) is 5.91 Å². The van der Waals surface area contributed by atoms with Gasteiger partial charge in [0.1, 0.15) is 0 Å². The van der Waals surface area contributed by atoms with Crippen molar-refractivity contribution in [3.05, 3.63) is 30.3 Å². The lowest BCUT2D eigenvalue weighted by molar-refractivity contribution is -0.117. The summed E-state index contributed by atoms with van der Waals surface area (Å²) in [6.07, 6.45) is 0.116. The van der Waals surface area contributed by atoms with E-state index in [2.05, 4.69) is 5.16 Å². The molecule has 0 fully saturated rings. The maximum Gasteiger partial charge on any atom is 0.232 e. The number of hydrogen-bond donors (Lipinski definition) is 1. The second-order valence-electron chi connectivity index (χ2n) is 5.26. The summed E-state index contributed by atoms with van der Waals surface area (Å²) in [6.45, 7) is 5.74.